The molecule has 2 rings (SSSR count). The van der Waals surface area contributed by atoms with Gasteiger partial charge in [-0.25, -0.2) is 8.78 Å². The monoisotopic (exact) mass is 339 g/mol. The molecule has 0 aliphatic carbocycles. The molecule has 6 heteroatoms. The van der Waals surface area contributed by atoms with Crippen molar-refractivity contribution in [1.82, 2.24) is 4.90 Å². The number of rotatable bonds is 5. The van der Waals surface area contributed by atoms with E-state index in [2.05, 4.69) is 0 Å². The highest BCUT2D eigenvalue weighted by atomic mass is 35.5. The van der Waals surface area contributed by atoms with Crippen molar-refractivity contribution in [2.24, 2.45) is 0 Å². The van der Waals surface area contributed by atoms with Crippen LogP contribution in [-0.4, -0.2) is 24.5 Å². The van der Waals surface area contributed by atoms with Crippen LogP contribution < -0.4 is 4.74 Å². The molecule has 0 heterocycles. The van der Waals surface area contributed by atoms with Gasteiger partial charge in [0.1, 0.15) is 17.4 Å². The molecule has 23 heavy (non-hydrogen) atoms. The lowest BCUT2D eigenvalue weighted by Gasteiger charge is -2.25. The highest BCUT2D eigenvalue weighted by Gasteiger charge is 2.18. The second-order valence-electron chi connectivity index (χ2n) is 5.10. The van der Waals surface area contributed by atoms with Crippen LogP contribution in [0, 0.1) is 11.6 Å². The van der Waals surface area contributed by atoms with Gasteiger partial charge in [-0.1, -0.05) is 23.7 Å². The summed E-state index contributed by atoms with van der Waals surface area (Å²) in [6.45, 7) is 1.60. The quantitative estimate of drug-likeness (QED) is 0.816. The van der Waals surface area contributed by atoms with Crippen molar-refractivity contribution in [3.05, 3.63) is 64.7 Å². The fourth-order valence-corrected chi connectivity index (χ4v) is 2.24. The number of benzene rings is 2. The van der Waals surface area contributed by atoms with Crippen molar-refractivity contribution < 1.29 is 18.3 Å². The van der Waals surface area contributed by atoms with E-state index in [4.69, 9.17) is 16.3 Å². The minimum atomic E-state index is -0.476. The maximum absolute atomic E-state index is 13.0. The summed E-state index contributed by atoms with van der Waals surface area (Å²) in [5, 5.41) is 0.104. The van der Waals surface area contributed by atoms with E-state index in [1.54, 1.807) is 19.2 Å². The molecule has 2 aromatic rings. The number of amides is 1. The van der Waals surface area contributed by atoms with Gasteiger partial charge in [-0.3, -0.25) is 4.79 Å². The summed E-state index contributed by atoms with van der Waals surface area (Å²) in [6.07, 6.45) is 0. The van der Waals surface area contributed by atoms with Crippen molar-refractivity contribution in [1.29, 1.82) is 0 Å². The zero-order chi connectivity index (χ0) is 17.0. The third-order valence-corrected chi connectivity index (χ3v) is 3.87. The lowest BCUT2D eigenvalue weighted by Crippen LogP contribution is -2.33. The van der Waals surface area contributed by atoms with Crippen LogP contribution in [0.25, 0.3) is 0 Å². The highest BCUT2D eigenvalue weighted by Crippen LogP contribution is 2.25. The van der Waals surface area contributed by atoms with E-state index in [0.29, 0.717) is 0 Å². The van der Waals surface area contributed by atoms with Gasteiger partial charge in [0.05, 0.1) is 11.1 Å². The maximum Gasteiger partial charge on any atom is 0.260 e. The molecule has 0 saturated heterocycles. The van der Waals surface area contributed by atoms with Gasteiger partial charge in [0.25, 0.3) is 5.91 Å². The Balaban J connectivity index is 1.98. The molecule has 0 bridgehead atoms. The molecule has 1 atom stereocenters. The fraction of sp³-hybridized carbons (Fsp3) is 0.235. The smallest absolute Gasteiger partial charge is 0.260 e. The Hall–Kier alpha value is -2.14. The first-order chi connectivity index (χ1) is 10.9. The molecule has 122 valence electrons. The zero-order valence-electron chi connectivity index (χ0n) is 12.7. The van der Waals surface area contributed by atoms with Gasteiger partial charge in [-0.2, -0.15) is 0 Å². The number of carbonyl (C=O) groups is 1. The maximum atomic E-state index is 13.0. The normalized spacial score (nSPS) is 11.9. The number of hydrogen-bond donors (Lipinski definition) is 0. The van der Waals surface area contributed by atoms with E-state index < -0.39 is 5.82 Å². The molecule has 0 aliphatic rings. The Morgan fingerprint density at radius 3 is 2.39 bits per heavy atom. The van der Waals surface area contributed by atoms with Crippen LogP contribution >= 0.6 is 11.6 Å². The van der Waals surface area contributed by atoms with Crippen molar-refractivity contribution >= 4 is 17.5 Å². The van der Waals surface area contributed by atoms with Gasteiger partial charge in [-0.05, 0) is 42.8 Å². The molecular formula is C17H16ClF2NO2. The van der Waals surface area contributed by atoms with Crippen LogP contribution in [0.4, 0.5) is 8.78 Å². The molecule has 0 fully saturated rings. The molecule has 0 radical (unpaired) electrons. The minimum Gasteiger partial charge on any atom is -0.482 e. The highest BCUT2D eigenvalue weighted by molar-refractivity contribution is 6.32. The van der Waals surface area contributed by atoms with Crippen molar-refractivity contribution in [3.8, 4) is 5.75 Å². The average Bonchev–Trinajstić information content (AvgIpc) is 2.53. The first kappa shape index (κ1) is 17.2. The second-order valence-corrected chi connectivity index (χ2v) is 5.50. The molecule has 1 amide bonds. The molecule has 0 saturated carbocycles. The standard InChI is InChI=1S/C17H16ClF2NO2/c1-11(12-3-5-13(19)6-4-12)21(2)17(22)10-23-16-8-7-14(20)9-15(16)18/h3-9,11H,10H2,1-2H3. The van der Waals surface area contributed by atoms with Crippen molar-refractivity contribution in [3.63, 3.8) is 0 Å². The van der Waals surface area contributed by atoms with Crippen LogP contribution in [0.3, 0.4) is 0 Å². The van der Waals surface area contributed by atoms with Gasteiger partial charge in [0.2, 0.25) is 0 Å². The van der Waals surface area contributed by atoms with E-state index in [-0.39, 0.29) is 35.1 Å². The lowest BCUT2D eigenvalue weighted by molar-refractivity contribution is -0.134. The van der Waals surface area contributed by atoms with Crippen LogP contribution in [0.15, 0.2) is 42.5 Å². The predicted molar refractivity (Wildman–Crippen MR) is 84.5 cm³/mol. The molecule has 0 aliphatic heterocycles. The van der Waals surface area contributed by atoms with Crippen molar-refractivity contribution in [2.75, 3.05) is 13.7 Å². The number of hydrogen-bond acceptors (Lipinski definition) is 2. The van der Waals surface area contributed by atoms with Crippen molar-refractivity contribution in [2.45, 2.75) is 13.0 Å². The summed E-state index contributed by atoms with van der Waals surface area (Å²) >= 11 is 5.84. The summed E-state index contributed by atoms with van der Waals surface area (Å²) in [4.78, 5) is 13.7. The summed E-state index contributed by atoms with van der Waals surface area (Å²) in [6, 6.07) is 9.40. The van der Waals surface area contributed by atoms with Crippen LogP contribution in [0.1, 0.15) is 18.5 Å². The summed E-state index contributed by atoms with van der Waals surface area (Å²) in [5.41, 5.74) is 0.807. The fourth-order valence-electron chi connectivity index (χ4n) is 2.01. The average molecular weight is 340 g/mol. The van der Waals surface area contributed by atoms with Gasteiger partial charge in [-0.15, -0.1) is 0 Å². The third kappa shape index (κ3) is 4.42. The number of nitrogens with zero attached hydrogens (tertiary/aromatic N) is 1. The van der Waals surface area contributed by atoms with E-state index in [1.807, 2.05) is 6.92 Å². The van der Waals surface area contributed by atoms with Crippen LogP contribution in [0.5, 0.6) is 5.75 Å². The molecule has 0 N–H and O–H groups in total. The Morgan fingerprint density at radius 2 is 1.78 bits per heavy atom. The summed E-state index contributed by atoms with van der Waals surface area (Å²) < 4.78 is 31.2. The Labute approximate surface area is 138 Å². The first-order valence-corrected chi connectivity index (χ1v) is 7.35. The second kappa shape index (κ2) is 7.42. The molecule has 0 spiro atoms. The van der Waals surface area contributed by atoms with Gasteiger partial charge in [0.15, 0.2) is 6.61 Å². The zero-order valence-corrected chi connectivity index (χ0v) is 13.5. The van der Waals surface area contributed by atoms with E-state index in [9.17, 15) is 13.6 Å². The first-order valence-electron chi connectivity index (χ1n) is 6.97. The Bertz CT molecular complexity index is 691. The van der Waals surface area contributed by atoms with Gasteiger partial charge in [0, 0.05) is 7.05 Å². The van der Waals surface area contributed by atoms with Crippen LogP contribution in [-0.2, 0) is 4.79 Å². The van der Waals surface area contributed by atoms with Gasteiger partial charge < -0.3 is 9.64 Å². The summed E-state index contributed by atoms with van der Waals surface area (Å²) in [5.74, 6) is -0.841. The molecule has 3 nitrogen and oxygen atoms in total. The lowest BCUT2D eigenvalue weighted by atomic mass is 10.1. The number of ether oxygens (including phenoxy) is 1. The molecule has 2 aromatic carbocycles. The Kier molecular flexibility index (Phi) is 5.55. The van der Waals surface area contributed by atoms with Gasteiger partial charge >= 0.3 is 0 Å². The largest absolute Gasteiger partial charge is 0.482 e. The Morgan fingerprint density at radius 1 is 1.17 bits per heavy atom. The summed E-state index contributed by atoms with van der Waals surface area (Å²) in [7, 11) is 1.63. The SMILES string of the molecule is CC(c1ccc(F)cc1)N(C)C(=O)COc1ccc(F)cc1Cl. The predicted octanol–water partition coefficient (Wildman–Crippen LogP) is 4.22. The number of likely N-dealkylation sites (N-methyl/N-ethyl adjacent to an activating group) is 1. The molecular weight excluding hydrogens is 324 g/mol. The molecule has 1 unspecified atom stereocenters. The molecule has 0 aromatic heterocycles. The van der Waals surface area contributed by atoms with E-state index in [0.717, 1.165) is 11.6 Å². The topological polar surface area (TPSA) is 29.5 Å². The number of carbonyl (C=O) groups excluding carboxylic acids is 1. The number of halogens is 3. The minimum absolute atomic E-state index is 0.104. The van der Waals surface area contributed by atoms with Crippen LogP contribution in [0.2, 0.25) is 5.02 Å². The van der Waals surface area contributed by atoms with E-state index >= 15 is 0 Å². The van der Waals surface area contributed by atoms with E-state index in [1.165, 1.54) is 29.2 Å². The third-order valence-electron chi connectivity index (χ3n) is 3.57.